The summed E-state index contributed by atoms with van der Waals surface area (Å²) in [5.41, 5.74) is 7.02. The Bertz CT molecular complexity index is 1090. The minimum Gasteiger partial charge on any atom is -0.496 e. The molecule has 0 atom stereocenters. The Hall–Kier alpha value is -3.33. The fourth-order valence-corrected chi connectivity index (χ4v) is 3.61. The van der Waals surface area contributed by atoms with Crippen LogP contribution >= 0.6 is 0 Å². The summed E-state index contributed by atoms with van der Waals surface area (Å²) in [5, 5.41) is 8.30. The van der Waals surface area contributed by atoms with Crippen LogP contribution in [0.2, 0.25) is 0 Å². The summed E-state index contributed by atoms with van der Waals surface area (Å²) in [6.45, 7) is 2.20. The molecule has 1 heterocycles. The second-order valence-corrected chi connectivity index (χ2v) is 6.45. The summed E-state index contributed by atoms with van der Waals surface area (Å²) in [6, 6.07) is 25.2. The van der Waals surface area contributed by atoms with Crippen LogP contribution in [0.1, 0.15) is 30.0 Å². The number of ether oxygens (including phenoxy) is 1. The van der Waals surface area contributed by atoms with Gasteiger partial charge in [-0.2, -0.15) is 5.10 Å². The molecule has 4 rings (SSSR count). The maximum Gasteiger partial charge on any atom is 0.126 e. The summed E-state index contributed by atoms with van der Waals surface area (Å²) in [6.07, 6.45) is 2.79. The van der Waals surface area contributed by atoms with Crippen molar-refractivity contribution in [3.8, 4) is 5.75 Å². The van der Waals surface area contributed by atoms with E-state index in [1.807, 2.05) is 18.3 Å². The number of hydrogen-bond donors (Lipinski definition) is 1. The number of nitrogens with one attached hydrogen (secondary N) is 1. The van der Waals surface area contributed by atoms with Gasteiger partial charge in [0.15, 0.2) is 0 Å². The molecule has 1 aromatic heterocycles. The zero-order valence-corrected chi connectivity index (χ0v) is 15.6. The van der Waals surface area contributed by atoms with Crippen LogP contribution in [-0.4, -0.2) is 17.3 Å². The fraction of sp³-hybridized carbons (Fsp3) is 0.125. The number of methoxy groups -OCH3 is 1. The highest BCUT2D eigenvalue weighted by Gasteiger charge is 2.17. The molecule has 0 radical (unpaired) electrons. The van der Waals surface area contributed by atoms with Crippen LogP contribution in [0, 0.1) is 0 Å². The number of aromatic amines is 1. The van der Waals surface area contributed by atoms with E-state index >= 15 is 0 Å². The molecule has 27 heavy (non-hydrogen) atoms. The molecule has 0 fully saturated rings. The Morgan fingerprint density at radius 2 is 1.70 bits per heavy atom. The molecule has 0 amide bonds. The summed E-state index contributed by atoms with van der Waals surface area (Å²) in [4.78, 5) is 0. The van der Waals surface area contributed by atoms with Crippen LogP contribution in [0.4, 0.5) is 0 Å². The summed E-state index contributed by atoms with van der Waals surface area (Å²) >= 11 is 0. The highest BCUT2D eigenvalue weighted by molar-refractivity contribution is 6.01. The zero-order valence-electron chi connectivity index (χ0n) is 15.6. The number of aromatic nitrogens is 2. The predicted octanol–water partition coefficient (Wildman–Crippen LogP) is 5.94. The van der Waals surface area contributed by atoms with Crippen molar-refractivity contribution in [3.63, 3.8) is 0 Å². The van der Waals surface area contributed by atoms with Gasteiger partial charge in [0.1, 0.15) is 5.75 Å². The third kappa shape index (κ3) is 3.24. The van der Waals surface area contributed by atoms with Crippen LogP contribution < -0.4 is 4.74 Å². The van der Waals surface area contributed by atoms with Gasteiger partial charge in [0, 0.05) is 10.9 Å². The van der Waals surface area contributed by atoms with Gasteiger partial charge in [-0.15, -0.1) is 0 Å². The minimum atomic E-state index is 0.877. The Labute approximate surface area is 159 Å². The number of allylic oxidation sites excluding steroid dienone is 1. The first-order valence-corrected chi connectivity index (χ1v) is 9.17. The molecule has 3 nitrogen and oxygen atoms in total. The lowest BCUT2D eigenvalue weighted by Gasteiger charge is -2.18. The van der Waals surface area contributed by atoms with Crippen molar-refractivity contribution >= 4 is 22.0 Å². The molecule has 0 spiro atoms. The lowest BCUT2D eigenvalue weighted by atomic mass is 9.87. The lowest BCUT2D eigenvalue weighted by molar-refractivity contribution is 0.413. The highest BCUT2D eigenvalue weighted by atomic mass is 16.5. The molecular weight excluding hydrogens is 332 g/mol. The molecular formula is C24H22N2O. The van der Waals surface area contributed by atoms with Gasteiger partial charge in [0.05, 0.1) is 18.8 Å². The van der Waals surface area contributed by atoms with E-state index in [4.69, 9.17) is 4.74 Å². The van der Waals surface area contributed by atoms with E-state index in [9.17, 15) is 0 Å². The Morgan fingerprint density at radius 1 is 0.926 bits per heavy atom. The van der Waals surface area contributed by atoms with Crippen molar-refractivity contribution in [2.45, 2.75) is 13.3 Å². The maximum atomic E-state index is 5.70. The number of H-pyrrole nitrogens is 1. The number of benzene rings is 3. The normalized spacial score (nSPS) is 12.1. The molecule has 3 aromatic carbocycles. The van der Waals surface area contributed by atoms with E-state index in [1.165, 1.54) is 16.7 Å². The van der Waals surface area contributed by atoms with Gasteiger partial charge in [-0.25, -0.2) is 0 Å². The standard InChI is InChI=1S/C24H22N2O/c1-3-20(17-9-5-4-6-10-17)24(21-11-7-8-12-23(21)27-2)18-13-14-22-19(15-18)16-25-26-22/h4-16H,3H2,1-2H3,(H,25,26)/b24-20-. The van der Waals surface area contributed by atoms with Gasteiger partial charge in [-0.05, 0) is 46.9 Å². The molecule has 0 saturated heterocycles. The van der Waals surface area contributed by atoms with Crippen molar-refractivity contribution in [2.75, 3.05) is 7.11 Å². The third-order valence-electron chi connectivity index (χ3n) is 4.88. The number of nitrogens with zero attached hydrogens (tertiary/aromatic N) is 1. The average Bonchev–Trinajstić information content (AvgIpc) is 3.20. The topological polar surface area (TPSA) is 37.9 Å². The molecule has 0 saturated carbocycles. The number of rotatable bonds is 5. The molecule has 3 heteroatoms. The molecule has 1 N–H and O–H groups in total. The average molecular weight is 354 g/mol. The summed E-state index contributed by atoms with van der Waals surface area (Å²) in [5.74, 6) is 0.877. The molecule has 0 aliphatic rings. The molecule has 0 bridgehead atoms. The number of fused-ring (bicyclic) bond motifs is 1. The maximum absolute atomic E-state index is 5.70. The van der Waals surface area contributed by atoms with E-state index in [2.05, 4.69) is 77.8 Å². The van der Waals surface area contributed by atoms with Crippen LogP contribution in [0.5, 0.6) is 5.75 Å². The predicted molar refractivity (Wildman–Crippen MR) is 112 cm³/mol. The minimum absolute atomic E-state index is 0.877. The van der Waals surface area contributed by atoms with Crippen molar-refractivity contribution in [1.82, 2.24) is 10.2 Å². The van der Waals surface area contributed by atoms with Crippen LogP contribution in [0.25, 0.3) is 22.0 Å². The second-order valence-electron chi connectivity index (χ2n) is 6.45. The van der Waals surface area contributed by atoms with Crippen LogP contribution in [-0.2, 0) is 0 Å². The van der Waals surface area contributed by atoms with Crippen molar-refractivity contribution in [2.24, 2.45) is 0 Å². The molecule has 134 valence electrons. The zero-order chi connectivity index (χ0) is 18.6. The van der Waals surface area contributed by atoms with E-state index in [1.54, 1.807) is 7.11 Å². The van der Waals surface area contributed by atoms with Gasteiger partial charge in [0.25, 0.3) is 0 Å². The number of para-hydroxylation sites is 1. The molecule has 0 aliphatic carbocycles. The SMILES string of the molecule is CC/C(=C(\c1ccc2[nH]ncc2c1)c1ccccc1OC)c1ccccc1. The van der Waals surface area contributed by atoms with Gasteiger partial charge < -0.3 is 4.74 Å². The monoisotopic (exact) mass is 354 g/mol. The largest absolute Gasteiger partial charge is 0.496 e. The van der Waals surface area contributed by atoms with Gasteiger partial charge in [-0.3, -0.25) is 5.10 Å². The number of hydrogen-bond acceptors (Lipinski definition) is 2. The highest BCUT2D eigenvalue weighted by Crippen LogP contribution is 2.39. The lowest BCUT2D eigenvalue weighted by Crippen LogP contribution is -1.98. The van der Waals surface area contributed by atoms with Crippen molar-refractivity contribution in [3.05, 3.63) is 95.7 Å². The van der Waals surface area contributed by atoms with Gasteiger partial charge >= 0.3 is 0 Å². The fourth-order valence-electron chi connectivity index (χ4n) is 3.61. The first-order valence-electron chi connectivity index (χ1n) is 9.17. The van der Waals surface area contributed by atoms with E-state index in [-0.39, 0.29) is 0 Å². The van der Waals surface area contributed by atoms with Gasteiger partial charge in [0.2, 0.25) is 0 Å². The second kappa shape index (κ2) is 7.50. The van der Waals surface area contributed by atoms with Crippen LogP contribution in [0.3, 0.4) is 0 Å². The molecule has 0 aliphatic heterocycles. The van der Waals surface area contributed by atoms with Crippen molar-refractivity contribution < 1.29 is 4.74 Å². The summed E-state index contributed by atoms with van der Waals surface area (Å²) in [7, 11) is 1.73. The Balaban J connectivity index is 2.04. The molecule has 0 unspecified atom stereocenters. The Morgan fingerprint density at radius 3 is 2.48 bits per heavy atom. The summed E-state index contributed by atoms with van der Waals surface area (Å²) < 4.78 is 5.70. The van der Waals surface area contributed by atoms with Crippen LogP contribution in [0.15, 0.2) is 79.0 Å². The third-order valence-corrected chi connectivity index (χ3v) is 4.88. The van der Waals surface area contributed by atoms with E-state index < -0.39 is 0 Å². The Kier molecular flexibility index (Phi) is 4.75. The van der Waals surface area contributed by atoms with E-state index in [0.717, 1.165) is 34.2 Å². The van der Waals surface area contributed by atoms with E-state index in [0.29, 0.717) is 0 Å². The molecule has 4 aromatic rings. The first kappa shape index (κ1) is 17.1. The first-order chi connectivity index (χ1) is 13.3. The smallest absolute Gasteiger partial charge is 0.126 e. The van der Waals surface area contributed by atoms with Gasteiger partial charge in [-0.1, -0.05) is 61.5 Å². The quantitative estimate of drug-likeness (QED) is 0.450. The van der Waals surface area contributed by atoms with Crippen molar-refractivity contribution in [1.29, 1.82) is 0 Å².